The molecule has 2 atom stereocenters. The van der Waals surface area contributed by atoms with E-state index in [0.29, 0.717) is 0 Å². The van der Waals surface area contributed by atoms with Crippen LogP contribution in [0.3, 0.4) is 0 Å². The van der Waals surface area contributed by atoms with Crippen LogP contribution in [0.2, 0.25) is 0 Å². The van der Waals surface area contributed by atoms with Gasteiger partial charge >= 0.3 is 0 Å². The monoisotopic (exact) mass is 300 g/mol. The number of rotatable bonds is 5. The highest BCUT2D eigenvalue weighted by Crippen LogP contribution is 2.17. The summed E-state index contributed by atoms with van der Waals surface area (Å²) in [6, 6.07) is 7.20. The second kappa shape index (κ2) is 7.56. The van der Waals surface area contributed by atoms with E-state index in [-0.39, 0.29) is 30.4 Å². The van der Waals surface area contributed by atoms with E-state index in [1.165, 1.54) is 13.0 Å². The molecule has 0 fully saturated rings. The summed E-state index contributed by atoms with van der Waals surface area (Å²) >= 11 is 0. The highest BCUT2D eigenvalue weighted by Gasteiger charge is 2.18. The standard InChI is InChI=1S/C17H20N2O3/c1-12(21)18-15-6-2-13(3-7-15)5-9-17(22)19-16-8-4-14(10-16)11-20/h2-9,14,16,20H,10-11H2,1H3,(H,18,21)(H,19,22)/b9-5+/t14-,16+/m0/s1. The van der Waals surface area contributed by atoms with Crippen molar-refractivity contribution in [1.29, 1.82) is 0 Å². The van der Waals surface area contributed by atoms with Gasteiger partial charge in [0.15, 0.2) is 0 Å². The number of amides is 2. The number of aliphatic hydroxyl groups excluding tert-OH is 1. The van der Waals surface area contributed by atoms with Gasteiger partial charge in [0.1, 0.15) is 0 Å². The number of hydrogen-bond acceptors (Lipinski definition) is 3. The van der Waals surface area contributed by atoms with Crippen LogP contribution >= 0.6 is 0 Å². The molecular weight excluding hydrogens is 280 g/mol. The molecule has 1 aromatic rings. The summed E-state index contributed by atoms with van der Waals surface area (Å²) in [5.41, 5.74) is 1.60. The first kappa shape index (κ1) is 16.0. The third-order valence-corrected chi connectivity index (χ3v) is 3.39. The molecule has 116 valence electrons. The molecule has 0 unspecified atom stereocenters. The average molecular weight is 300 g/mol. The predicted molar refractivity (Wildman–Crippen MR) is 86.0 cm³/mol. The van der Waals surface area contributed by atoms with Crippen molar-refractivity contribution in [1.82, 2.24) is 5.32 Å². The quantitative estimate of drug-likeness (QED) is 0.572. The Morgan fingerprint density at radius 3 is 2.59 bits per heavy atom. The van der Waals surface area contributed by atoms with Crippen molar-refractivity contribution < 1.29 is 14.7 Å². The second-order valence-corrected chi connectivity index (χ2v) is 5.31. The van der Waals surface area contributed by atoms with Crippen LogP contribution < -0.4 is 10.6 Å². The zero-order chi connectivity index (χ0) is 15.9. The molecule has 0 aliphatic heterocycles. The summed E-state index contributed by atoms with van der Waals surface area (Å²) < 4.78 is 0. The average Bonchev–Trinajstić information content (AvgIpc) is 2.93. The third-order valence-electron chi connectivity index (χ3n) is 3.39. The van der Waals surface area contributed by atoms with E-state index >= 15 is 0 Å². The lowest BCUT2D eigenvalue weighted by Crippen LogP contribution is -2.31. The molecule has 1 aliphatic carbocycles. The Morgan fingerprint density at radius 1 is 1.27 bits per heavy atom. The van der Waals surface area contributed by atoms with Crippen molar-refractivity contribution in [2.75, 3.05) is 11.9 Å². The molecule has 0 spiro atoms. The summed E-state index contributed by atoms with van der Waals surface area (Å²) in [5.74, 6) is -0.150. The second-order valence-electron chi connectivity index (χ2n) is 5.31. The van der Waals surface area contributed by atoms with E-state index in [4.69, 9.17) is 5.11 Å². The molecule has 0 saturated heterocycles. The van der Waals surface area contributed by atoms with Crippen molar-refractivity contribution in [2.24, 2.45) is 5.92 Å². The number of benzene rings is 1. The molecule has 2 rings (SSSR count). The summed E-state index contributed by atoms with van der Waals surface area (Å²) in [5, 5.41) is 14.6. The third kappa shape index (κ3) is 4.86. The molecule has 22 heavy (non-hydrogen) atoms. The van der Waals surface area contributed by atoms with E-state index in [1.54, 1.807) is 18.2 Å². The lowest BCUT2D eigenvalue weighted by atomic mass is 10.1. The number of anilines is 1. The Kier molecular flexibility index (Phi) is 5.49. The van der Waals surface area contributed by atoms with Gasteiger partial charge in [-0.15, -0.1) is 0 Å². The van der Waals surface area contributed by atoms with Crippen LogP contribution in [0.5, 0.6) is 0 Å². The van der Waals surface area contributed by atoms with Crippen molar-refractivity contribution in [3.05, 3.63) is 48.1 Å². The highest BCUT2D eigenvalue weighted by molar-refractivity contribution is 5.92. The Hall–Kier alpha value is -2.40. The maximum Gasteiger partial charge on any atom is 0.244 e. The molecule has 0 bridgehead atoms. The minimum atomic E-state index is -0.167. The SMILES string of the molecule is CC(=O)Nc1ccc(/C=C/C(=O)N[C@@H]2C=C[C@H](CO)C2)cc1. The number of carbonyl (C=O) groups is 2. The van der Waals surface area contributed by atoms with Crippen LogP contribution in [0.4, 0.5) is 5.69 Å². The summed E-state index contributed by atoms with van der Waals surface area (Å²) in [4.78, 5) is 22.8. The lowest BCUT2D eigenvalue weighted by molar-refractivity contribution is -0.117. The zero-order valence-electron chi connectivity index (χ0n) is 12.5. The summed E-state index contributed by atoms with van der Waals surface area (Å²) in [6.45, 7) is 1.57. The minimum Gasteiger partial charge on any atom is -0.396 e. The predicted octanol–water partition coefficient (Wildman–Crippen LogP) is 1.71. The van der Waals surface area contributed by atoms with Crippen molar-refractivity contribution in [2.45, 2.75) is 19.4 Å². The largest absolute Gasteiger partial charge is 0.396 e. The minimum absolute atomic E-state index is 0.0172. The zero-order valence-corrected chi connectivity index (χ0v) is 12.5. The van der Waals surface area contributed by atoms with Gasteiger partial charge in [-0.1, -0.05) is 24.3 Å². The van der Waals surface area contributed by atoms with Gasteiger partial charge in [-0.05, 0) is 30.2 Å². The highest BCUT2D eigenvalue weighted by atomic mass is 16.3. The molecule has 1 aromatic carbocycles. The van der Waals surface area contributed by atoms with Gasteiger partial charge in [0, 0.05) is 37.3 Å². The summed E-state index contributed by atoms with van der Waals surface area (Å²) in [6.07, 6.45) is 7.77. The topological polar surface area (TPSA) is 78.4 Å². The van der Waals surface area contributed by atoms with Crippen LogP contribution in [0.1, 0.15) is 18.9 Å². The molecule has 2 amide bonds. The van der Waals surface area contributed by atoms with Gasteiger partial charge in [0.25, 0.3) is 0 Å². The Morgan fingerprint density at radius 2 is 2.00 bits per heavy atom. The van der Waals surface area contributed by atoms with E-state index in [2.05, 4.69) is 10.6 Å². The molecule has 5 nitrogen and oxygen atoms in total. The van der Waals surface area contributed by atoms with Crippen LogP contribution in [-0.4, -0.2) is 29.6 Å². The molecule has 5 heteroatoms. The van der Waals surface area contributed by atoms with Gasteiger partial charge in [-0.25, -0.2) is 0 Å². The smallest absolute Gasteiger partial charge is 0.244 e. The van der Waals surface area contributed by atoms with Gasteiger partial charge < -0.3 is 15.7 Å². The van der Waals surface area contributed by atoms with Gasteiger partial charge in [0.2, 0.25) is 11.8 Å². The Labute approximate surface area is 129 Å². The van der Waals surface area contributed by atoms with Gasteiger partial charge in [-0.3, -0.25) is 9.59 Å². The van der Waals surface area contributed by atoms with Crippen LogP contribution in [0.25, 0.3) is 6.08 Å². The van der Waals surface area contributed by atoms with E-state index in [9.17, 15) is 9.59 Å². The molecule has 1 aliphatic rings. The first-order chi connectivity index (χ1) is 10.6. The van der Waals surface area contributed by atoms with E-state index < -0.39 is 0 Å². The first-order valence-electron chi connectivity index (χ1n) is 7.22. The molecule has 3 N–H and O–H groups in total. The van der Waals surface area contributed by atoms with E-state index in [0.717, 1.165) is 17.7 Å². The number of nitrogens with one attached hydrogen (secondary N) is 2. The molecule has 0 radical (unpaired) electrons. The molecule has 0 aromatic heterocycles. The van der Waals surface area contributed by atoms with Crippen LogP contribution in [-0.2, 0) is 9.59 Å². The fourth-order valence-corrected chi connectivity index (χ4v) is 2.30. The molecular formula is C17H20N2O3. The molecule has 0 heterocycles. The fraction of sp³-hybridized carbons (Fsp3) is 0.294. The first-order valence-corrected chi connectivity index (χ1v) is 7.22. The number of carbonyl (C=O) groups excluding carboxylic acids is 2. The normalized spacial score (nSPS) is 20.3. The van der Waals surface area contributed by atoms with Gasteiger partial charge in [-0.2, -0.15) is 0 Å². The number of aliphatic hydroxyl groups is 1. The Balaban J connectivity index is 1.84. The van der Waals surface area contributed by atoms with Crippen molar-refractivity contribution in [3.63, 3.8) is 0 Å². The Bertz CT molecular complexity index is 590. The van der Waals surface area contributed by atoms with Crippen molar-refractivity contribution in [3.8, 4) is 0 Å². The summed E-state index contributed by atoms with van der Waals surface area (Å²) in [7, 11) is 0. The molecule has 0 saturated carbocycles. The lowest BCUT2D eigenvalue weighted by Gasteiger charge is -2.10. The van der Waals surface area contributed by atoms with Gasteiger partial charge in [0.05, 0.1) is 0 Å². The number of hydrogen-bond donors (Lipinski definition) is 3. The maximum absolute atomic E-state index is 11.8. The van der Waals surface area contributed by atoms with E-state index in [1.807, 2.05) is 24.3 Å². The van der Waals surface area contributed by atoms with Crippen molar-refractivity contribution >= 4 is 23.6 Å². The fourth-order valence-electron chi connectivity index (χ4n) is 2.30. The van der Waals surface area contributed by atoms with Crippen LogP contribution in [0, 0.1) is 5.92 Å². The van der Waals surface area contributed by atoms with Crippen LogP contribution in [0.15, 0.2) is 42.5 Å². The maximum atomic E-state index is 11.8.